The van der Waals surface area contributed by atoms with Crippen LogP contribution in [0.1, 0.15) is 37.6 Å². The lowest BCUT2D eigenvalue weighted by molar-refractivity contribution is 0.124. The van der Waals surface area contributed by atoms with E-state index in [-0.39, 0.29) is 5.60 Å². The summed E-state index contributed by atoms with van der Waals surface area (Å²) in [6, 6.07) is 7.74. The van der Waals surface area contributed by atoms with Gasteiger partial charge in [-0.25, -0.2) is 15.0 Å². The van der Waals surface area contributed by atoms with E-state index in [2.05, 4.69) is 20.3 Å². The Morgan fingerprint density at radius 1 is 1.00 bits per heavy atom. The smallest absolute Gasteiger partial charge is 0.214 e. The molecule has 6 heteroatoms. The molecule has 0 aromatic carbocycles. The fourth-order valence-electron chi connectivity index (χ4n) is 2.55. The highest BCUT2D eigenvalue weighted by atomic mass is 16.5. The van der Waals surface area contributed by atoms with Gasteiger partial charge in [-0.15, -0.1) is 0 Å². The van der Waals surface area contributed by atoms with Gasteiger partial charge in [-0.1, -0.05) is 0 Å². The van der Waals surface area contributed by atoms with Crippen molar-refractivity contribution in [2.45, 2.75) is 46.8 Å². The van der Waals surface area contributed by atoms with E-state index in [9.17, 15) is 0 Å². The van der Waals surface area contributed by atoms with Gasteiger partial charge in [0.2, 0.25) is 5.88 Å². The molecule has 27 heavy (non-hydrogen) atoms. The summed E-state index contributed by atoms with van der Waals surface area (Å²) in [5.74, 6) is 2.13. The third-order valence-corrected chi connectivity index (χ3v) is 4.00. The third-order valence-electron chi connectivity index (χ3n) is 4.00. The van der Waals surface area contributed by atoms with Crippen molar-refractivity contribution in [3.8, 4) is 17.3 Å². The molecule has 0 spiro atoms. The number of aromatic nitrogens is 4. The molecule has 0 aliphatic carbocycles. The van der Waals surface area contributed by atoms with Gasteiger partial charge in [-0.2, -0.15) is 0 Å². The van der Waals surface area contributed by atoms with Crippen LogP contribution >= 0.6 is 0 Å². The van der Waals surface area contributed by atoms with Crippen molar-refractivity contribution in [2.24, 2.45) is 0 Å². The molecule has 3 aromatic heterocycles. The monoisotopic (exact) mass is 363 g/mol. The molecule has 3 aromatic rings. The van der Waals surface area contributed by atoms with Crippen molar-refractivity contribution in [2.75, 3.05) is 5.32 Å². The Kier molecular flexibility index (Phi) is 5.35. The Bertz CT molecular complexity index is 920. The van der Waals surface area contributed by atoms with E-state index in [0.29, 0.717) is 18.2 Å². The van der Waals surface area contributed by atoms with Crippen LogP contribution in [0.5, 0.6) is 5.88 Å². The van der Waals surface area contributed by atoms with E-state index in [0.717, 1.165) is 28.2 Å². The summed E-state index contributed by atoms with van der Waals surface area (Å²) in [5, 5.41) is 3.42. The van der Waals surface area contributed by atoms with Crippen molar-refractivity contribution in [3.05, 3.63) is 59.7 Å². The second kappa shape index (κ2) is 7.70. The first kappa shape index (κ1) is 18.8. The summed E-state index contributed by atoms with van der Waals surface area (Å²) in [7, 11) is 0. The van der Waals surface area contributed by atoms with Crippen LogP contribution in [0.2, 0.25) is 0 Å². The molecular formula is C21H25N5O. The minimum atomic E-state index is -0.279. The topological polar surface area (TPSA) is 72.8 Å². The third kappa shape index (κ3) is 5.00. The maximum Gasteiger partial charge on any atom is 0.214 e. The summed E-state index contributed by atoms with van der Waals surface area (Å²) in [5.41, 5.74) is 3.73. The molecule has 140 valence electrons. The van der Waals surface area contributed by atoms with E-state index >= 15 is 0 Å². The van der Waals surface area contributed by atoms with Gasteiger partial charge in [-0.05, 0) is 58.4 Å². The number of nitrogens with one attached hydrogen (secondary N) is 1. The van der Waals surface area contributed by atoms with Crippen molar-refractivity contribution < 1.29 is 4.74 Å². The molecule has 0 radical (unpaired) electrons. The average Bonchev–Trinajstić information content (AvgIpc) is 2.62. The van der Waals surface area contributed by atoms with Crippen molar-refractivity contribution in [1.82, 2.24) is 19.9 Å². The lowest BCUT2D eigenvalue weighted by atomic mass is 10.2. The normalized spacial score (nSPS) is 11.3. The van der Waals surface area contributed by atoms with E-state index in [4.69, 9.17) is 9.72 Å². The number of nitrogens with zero attached hydrogens (tertiary/aromatic N) is 4. The van der Waals surface area contributed by atoms with Crippen LogP contribution in [0.4, 0.5) is 5.82 Å². The Morgan fingerprint density at radius 2 is 1.74 bits per heavy atom. The minimum Gasteiger partial charge on any atom is -0.472 e. The summed E-state index contributed by atoms with van der Waals surface area (Å²) < 4.78 is 5.84. The van der Waals surface area contributed by atoms with E-state index in [1.807, 2.05) is 58.9 Å². The first-order valence-corrected chi connectivity index (χ1v) is 8.95. The lowest BCUT2D eigenvalue weighted by Gasteiger charge is -2.20. The molecular weight excluding hydrogens is 338 g/mol. The summed E-state index contributed by atoms with van der Waals surface area (Å²) >= 11 is 0. The summed E-state index contributed by atoms with van der Waals surface area (Å²) in [6.07, 6.45) is 5.25. The lowest BCUT2D eigenvalue weighted by Crippen LogP contribution is -2.23. The molecule has 0 bridgehead atoms. The highest BCUT2D eigenvalue weighted by molar-refractivity contribution is 5.59. The zero-order valence-corrected chi connectivity index (χ0v) is 16.4. The summed E-state index contributed by atoms with van der Waals surface area (Å²) in [6.45, 7) is 10.7. The predicted octanol–water partition coefficient (Wildman–Crippen LogP) is 4.34. The molecule has 6 nitrogen and oxygen atoms in total. The summed E-state index contributed by atoms with van der Waals surface area (Å²) in [4.78, 5) is 17.6. The molecule has 0 aliphatic heterocycles. The van der Waals surface area contributed by atoms with Crippen LogP contribution < -0.4 is 10.1 Å². The molecule has 0 atom stereocenters. The van der Waals surface area contributed by atoms with Gasteiger partial charge in [0, 0.05) is 48.0 Å². The van der Waals surface area contributed by atoms with Gasteiger partial charge in [0.05, 0.1) is 0 Å². The number of hydrogen-bond acceptors (Lipinski definition) is 6. The van der Waals surface area contributed by atoms with Crippen molar-refractivity contribution >= 4 is 5.82 Å². The minimum absolute atomic E-state index is 0.279. The Labute approximate surface area is 160 Å². The number of anilines is 1. The van der Waals surface area contributed by atoms with E-state index in [1.165, 1.54) is 0 Å². The number of rotatable bonds is 5. The second-order valence-corrected chi connectivity index (χ2v) is 7.41. The van der Waals surface area contributed by atoms with Crippen LogP contribution in [-0.2, 0) is 6.54 Å². The van der Waals surface area contributed by atoms with Crippen LogP contribution in [0.3, 0.4) is 0 Å². The van der Waals surface area contributed by atoms with E-state index in [1.54, 1.807) is 18.6 Å². The average molecular weight is 363 g/mol. The van der Waals surface area contributed by atoms with Crippen molar-refractivity contribution in [3.63, 3.8) is 0 Å². The first-order chi connectivity index (χ1) is 12.8. The number of ether oxygens (including phenoxy) is 1. The molecule has 0 fully saturated rings. The van der Waals surface area contributed by atoms with Gasteiger partial charge < -0.3 is 10.1 Å². The molecule has 0 saturated heterocycles. The maximum absolute atomic E-state index is 5.84. The quantitative estimate of drug-likeness (QED) is 0.727. The zero-order chi connectivity index (χ0) is 19.4. The van der Waals surface area contributed by atoms with E-state index < -0.39 is 0 Å². The van der Waals surface area contributed by atoms with Crippen LogP contribution in [0, 0.1) is 13.8 Å². The zero-order valence-electron chi connectivity index (χ0n) is 16.4. The Hall–Kier alpha value is -3.02. The van der Waals surface area contributed by atoms with Gasteiger partial charge in [-0.3, -0.25) is 4.98 Å². The Balaban J connectivity index is 1.80. The molecule has 0 saturated carbocycles. The molecule has 0 unspecified atom stereocenters. The van der Waals surface area contributed by atoms with Gasteiger partial charge >= 0.3 is 0 Å². The molecule has 3 heterocycles. The Morgan fingerprint density at radius 3 is 2.44 bits per heavy atom. The van der Waals surface area contributed by atoms with Gasteiger partial charge in [0.15, 0.2) is 5.82 Å². The second-order valence-electron chi connectivity index (χ2n) is 7.41. The van der Waals surface area contributed by atoms with Crippen LogP contribution in [0.15, 0.2) is 42.9 Å². The SMILES string of the molecule is Cc1nc(-c2ccncc2)nc(NCc2ccnc(OC(C)(C)C)c2)c1C. The first-order valence-electron chi connectivity index (χ1n) is 8.95. The largest absolute Gasteiger partial charge is 0.472 e. The fraction of sp³-hybridized carbons (Fsp3) is 0.333. The van der Waals surface area contributed by atoms with Crippen LogP contribution in [0.25, 0.3) is 11.4 Å². The number of pyridine rings is 2. The standard InChI is InChI=1S/C21H25N5O/c1-14-15(2)25-20(17-7-9-22-10-8-17)26-19(14)24-13-16-6-11-23-18(12-16)27-21(3,4)5/h6-12H,13H2,1-5H3,(H,24,25,26). The van der Waals surface area contributed by atoms with Crippen molar-refractivity contribution in [1.29, 1.82) is 0 Å². The van der Waals surface area contributed by atoms with Gasteiger partial charge in [0.25, 0.3) is 0 Å². The van der Waals surface area contributed by atoms with Gasteiger partial charge in [0.1, 0.15) is 11.4 Å². The molecule has 3 rings (SSSR count). The number of aryl methyl sites for hydroxylation is 1. The molecule has 0 amide bonds. The predicted molar refractivity (Wildman–Crippen MR) is 107 cm³/mol. The molecule has 1 N–H and O–H groups in total. The fourth-order valence-corrected chi connectivity index (χ4v) is 2.55. The maximum atomic E-state index is 5.84. The number of hydrogen-bond donors (Lipinski definition) is 1. The highest BCUT2D eigenvalue weighted by Gasteiger charge is 2.13. The highest BCUT2D eigenvalue weighted by Crippen LogP contribution is 2.22. The molecule has 0 aliphatic rings. The van der Waals surface area contributed by atoms with Crippen LogP contribution in [-0.4, -0.2) is 25.5 Å².